The number of aliphatic imine (C=N–C) groups is 2. The number of nitrogens with zero attached hydrogens (tertiary/aromatic N) is 2. The third-order valence-electron chi connectivity index (χ3n) is 6.54. The van der Waals surface area contributed by atoms with Crippen LogP contribution in [-0.2, 0) is 0 Å². The van der Waals surface area contributed by atoms with Gasteiger partial charge in [0.2, 0.25) is 0 Å². The van der Waals surface area contributed by atoms with Crippen molar-refractivity contribution in [3.05, 3.63) is 103 Å². The highest BCUT2D eigenvalue weighted by molar-refractivity contribution is 9.10. The predicted octanol–water partition coefficient (Wildman–Crippen LogP) is 9.36. The van der Waals surface area contributed by atoms with E-state index in [-0.39, 0.29) is 11.5 Å². The first kappa shape index (κ1) is 25.2. The van der Waals surface area contributed by atoms with Crippen LogP contribution in [-0.4, -0.2) is 22.6 Å². The van der Waals surface area contributed by atoms with E-state index in [2.05, 4.69) is 37.9 Å². The van der Waals surface area contributed by atoms with Crippen LogP contribution in [0.1, 0.15) is 27.8 Å². The summed E-state index contributed by atoms with van der Waals surface area (Å²) in [6.07, 6.45) is 3.44. The number of halogens is 2. The second-order valence-corrected chi connectivity index (χ2v) is 10.9. The first-order chi connectivity index (χ1) is 17.7. The lowest BCUT2D eigenvalue weighted by Gasteiger charge is -2.12. The fraction of sp³-hybridized carbons (Fsp3) is 0.0968. The van der Waals surface area contributed by atoms with Crippen LogP contribution in [0.5, 0.6) is 11.5 Å². The number of benzene rings is 5. The molecule has 4 nitrogen and oxygen atoms in total. The molecule has 6 heteroatoms. The minimum Gasteiger partial charge on any atom is -0.507 e. The molecule has 5 rings (SSSR count). The van der Waals surface area contributed by atoms with Gasteiger partial charge in [0.15, 0.2) is 0 Å². The van der Waals surface area contributed by atoms with Gasteiger partial charge in [-0.15, -0.1) is 0 Å². The summed E-state index contributed by atoms with van der Waals surface area (Å²) in [6.45, 7) is 6.04. The van der Waals surface area contributed by atoms with Gasteiger partial charge in [-0.2, -0.15) is 0 Å². The maximum Gasteiger partial charge on any atom is 0.124 e. The Morgan fingerprint density at radius 2 is 1.03 bits per heavy atom. The lowest BCUT2D eigenvalue weighted by atomic mass is 10.0. The van der Waals surface area contributed by atoms with Crippen LogP contribution in [0, 0.1) is 20.8 Å². The molecule has 2 N–H and O–H groups in total. The molecule has 0 bridgehead atoms. The number of phenols is 2. The van der Waals surface area contributed by atoms with Crippen LogP contribution in [0.2, 0.25) is 0 Å². The third-order valence-corrected chi connectivity index (χ3v) is 7.52. The molecule has 0 saturated carbocycles. The molecule has 0 atom stereocenters. The number of phenolic OH excluding ortho intramolecular Hbond substituents is 2. The summed E-state index contributed by atoms with van der Waals surface area (Å²) in [5.41, 5.74) is 5.91. The third kappa shape index (κ3) is 4.91. The number of fused-ring (bicyclic) bond motifs is 2. The van der Waals surface area contributed by atoms with Crippen molar-refractivity contribution >= 4 is 77.2 Å². The molecular weight excluding hydrogens is 592 g/mol. The van der Waals surface area contributed by atoms with Gasteiger partial charge in [-0.3, -0.25) is 9.98 Å². The predicted molar refractivity (Wildman–Crippen MR) is 162 cm³/mol. The Morgan fingerprint density at radius 3 is 1.46 bits per heavy atom. The van der Waals surface area contributed by atoms with E-state index in [1.54, 1.807) is 24.6 Å². The highest BCUT2D eigenvalue weighted by Crippen LogP contribution is 2.37. The first-order valence-electron chi connectivity index (χ1n) is 11.7. The lowest BCUT2D eigenvalue weighted by molar-refractivity contribution is 0.475. The standard InChI is InChI=1S/C31H24Br2N2O2/c1-17-12-18(2)31(35-16-27-25-9-7-23(33)14-21(25)5-11-29(27)37)19(3)30(17)34-15-26-24-8-6-22(32)13-20(24)4-10-28(26)36/h4-16,36-37H,1-3H3. The van der Waals surface area contributed by atoms with E-state index in [4.69, 9.17) is 9.98 Å². The minimum atomic E-state index is 0.178. The van der Waals surface area contributed by atoms with Crippen molar-refractivity contribution in [2.75, 3.05) is 0 Å². The number of aryl methyl sites for hydroxylation is 2. The van der Waals surface area contributed by atoms with Crippen molar-refractivity contribution < 1.29 is 10.2 Å². The van der Waals surface area contributed by atoms with Crippen molar-refractivity contribution in [3.63, 3.8) is 0 Å². The van der Waals surface area contributed by atoms with E-state index in [1.165, 1.54) is 0 Å². The molecule has 0 saturated heterocycles. The van der Waals surface area contributed by atoms with Crippen molar-refractivity contribution in [3.8, 4) is 11.5 Å². The molecule has 0 amide bonds. The molecule has 0 radical (unpaired) electrons. The van der Waals surface area contributed by atoms with Crippen LogP contribution in [0.3, 0.4) is 0 Å². The zero-order valence-corrected chi connectivity index (χ0v) is 23.7. The van der Waals surface area contributed by atoms with Gasteiger partial charge in [0.1, 0.15) is 11.5 Å². The molecule has 0 aliphatic rings. The van der Waals surface area contributed by atoms with E-state index in [0.717, 1.165) is 58.6 Å². The molecule has 0 spiro atoms. The minimum absolute atomic E-state index is 0.178. The second-order valence-electron chi connectivity index (χ2n) is 9.08. The van der Waals surface area contributed by atoms with Crippen LogP contribution >= 0.6 is 31.9 Å². The van der Waals surface area contributed by atoms with Crippen LogP contribution in [0.4, 0.5) is 11.4 Å². The van der Waals surface area contributed by atoms with Gasteiger partial charge in [0, 0.05) is 38.1 Å². The van der Waals surface area contributed by atoms with Crippen molar-refractivity contribution in [2.45, 2.75) is 20.8 Å². The topological polar surface area (TPSA) is 65.2 Å². The fourth-order valence-corrected chi connectivity index (χ4v) is 5.48. The monoisotopic (exact) mass is 614 g/mol. The summed E-state index contributed by atoms with van der Waals surface area (Å²) in [5, 5.41) is 25.0. The first-order valence-corrected chi connectivity index (χ1v) is 13.3. The average molecular weight is 616 g/mol. The summed E-state index contributed by atoms with van der Waals surface area (Å²) in [5.74, 6) is 0.356. The van der Waals surface area contributed by atoms with E-state index >= 15 is 0 Å². The van der Waals surface area contributed by atoms with E-state index in [0.29, 0.717) is 11.1 Å². The van der Waals surface area contributed by atoms with Gasteiger partial charge >= 0.3 is 0 Å². The molecule has 0 aromatic heterocycles. The largest absolute Gasteiger partial charge is 0.507 e. The van der Waals surface area contributed by atoms with Crippen LogP contribution in [0.25, 0.3) is 21.5 Å². The molecule has 0 aliphatic carbocycles. The Hall–Kier alpha value is -3.48. The molecule has 184 valence electrons. The SMILES string of the molecule is Cc1cc(C)c(N=Cc2c(O)ccc3cc(Br)ccc23)c(C)c1N=Cc1c(O)ccc2cc(Br)ccc12. The second kappa shape index (κ2) is 10.1. The average Bonchev–Trinajstić information content (AvgIpc) is 2.85. The normalized spacial score (nSPS) is 11.9. The van der Waals surface area contributed by atoms with Crippen molar-refractivity contribution in [1.29, 1.82) is 0 Å². The van der Waals surface area contributed by atoms with Gasteiger partial charge in [0.25, 0.3) is 0 Å². The maximum atomic E-state index is 10.6. The fourth-order valence-electron chi connectivity index (χ4n) is 4.72. The molecule has 0 fully saturated rings. The Kier molecular flexibility index (Phi) is 6.88. The zero-order chi connectivity index (χ0) is 26.3. The molecule has 0 heterocycles. The Bertz CT molecular complexity index is 1630. The number of hydrogen-bond acceptors (Lipinski definition) is 4. The summed E-state index contributed by atoms with van der Waals surface area (Å²) in [6, 6.07) is 21.1. The van der Waals surface area contributed by atoms with Gasteiger partial charge in [0.05, 0.1) is 11.4 Å². The van der Waals surface area contributed by atoms with Gasteiger partial charge < -0.3 is 10.2 Å². The highest BCUT2D eigenvalue weighted by atomic mass is 79.9. The smallest absolute Gasteiger partial charge is 0.124 e. The molecule has 37 heavy (non-hydrogen) atoms. The molecule has 0 aliphatic heterocycles. The zero-order valence-electron chi connectivity index (χ0n) is 20.6. The Balaban J connectivity index is 1.59. The molecule has 5 aromatic rings. The van der Waals surface area contributed by atoms with Crippen LogP contribution < -0.4 is 0 Å². The molecule has 5 aromatic carbocycles. The number of rotatable bonds is 4. The lowest BCUT2D eigenvalue weighted by Crippen LogP contribution is -1.91. The highest BCUT2D eigenvalue weighted by Gasteiger charge is 2.12. The van der Waals surface area contributed by atoms with E-state index in [1.807, 2.05) is 69.3 Å². The maximum absolute atomic E-state index is 10.6. The van der Waals surface area contributed by atoms with E-state index < -0.39 is 0 Å². The Morgan fingerprint density at radius 1 is 0.595 bits per heavy atom. The molecule has 0 unspecified atom stereocenters. The number of hydrogen-bond donors (Lipinski definition) is 2. The summed E-state index contributed by atoms with van der Waals surface area (Å²) < 4.78 is 1.96. The Labute approximate surface area is 232 Å². The quantitative estimate of drug-likeness (QED) is 0.198. The summed E-state index contributed by atoms with van der Waals surface area (Å²) >= 11 is 7.02. The summed E-state index contributed by atoms with van der Waals surface area (Å²) in [4.78, 5) is 9.64. The van der Waals surface area contributed by atoms with Crippen molar-refractivity contribution in [1.82, 2.24) is 0 Å². The summed E-state index contributed by atoms with van der Waals surface area (Å²) in [7, 11) is 0. The van der Waals surface area contributed by atoms with Gasteiger partial charge in [-0.05, 0) is 89.8 Å². The number of aromatic hydroxyl groups is 2. The van der Waals surface area contributed by atoms with Crippen molar-refractivity contribution in [2.24, 2.45) is 9.98 Å². The molecular formula is C31H24Br2N2O2. The van der Waals surface area contributed by atoms with Gasteiger partial charge in [-0.1, -0.05) is 62.2 Å². The van der Waals surface area contributed by atoms with Gasteiger partial charge in [-0.25, -0.2) is 0 Å². The van der Waals surface area contributed by atoms with Crippen LogP contribution in [0.15, 0.2) is 85.7 Å². The van der Waals surface area contributed by atoms with E-state index in [9.17, 15) is 10.2 Å².